The molecule has 0 aliphatic carbocycles. The van der Waals surface area contributed by atoms with Crippen LogP contribution in [0.15, 0.2) is 53.8 Å². The van der Waals surface area contributed by atoms with Crippen LogP contribution < -0.4 is 0 Å². The van der Waals surface area contributed by atoms with E-state index in [9.17, 15) is 0 Å². The highest BCUT2D eigenvalue weighted by atomic mass is 35.5. The van der Waals surface area contributed by atoms with Crippen molar-refractivity contribution in [3.63, 3.8) is 0 Å². The number of aryl methyl sites for hydroxylation is 1. The molecule has 1 aliphatic heterocycles. The first-order valence-corrected chi connectivity index (χ1v) is 11.0. The molecule has 4 aromatic rings. The van der Waals surface area contributed by atoms with E-state index in [4.69, 9.17) is 16.6 Å². The maximum atomic E-state index is 6.14. The molecule has 4 heterocycles. The maximum absolute atomic E-state index is 6.14. The Hall–Kier alpha value is -3.27. The molecule has 0 amide bonds. The van der Waals surface area contributed by atoms with E-state index >= 15 is 0 Å². The Morgan fingerprint density at radius 3 is 2.61 bits per heavy atom. The monoisotopic (exact) mass is 443 g/mol. The Bertz CT molecular complexity index is 1370. The number of thiophene rings is 1. The van der Waals surface area contributed by atoms with Crippen molar-refractivity contribution >= 4 is 28.6 Å². The topological polar surface area (TPSA) is 56.0 Å². The van der Waals surface area contributed by atoms with Gasteiger partial charge in [-0.1, -0.05) is 35.6 Å². The fraction of sp³-hybridized carbons (Fsp3) is 0.167. The highest BCUT2D eigenvalue weighted by Gasteiger charge is 2.29. The normalized spacial score (nSPS) is 14.7. The quantitative estimate of drug-likeness (QED) is 0.375. The van der Waals surface area contributed by atoms with Gasteiger partial charge in [0.1, 0.15) is 16.9 Å². The third kappa shape index (κ3) is 3.46. The minimum atomic E-state index is -0.129. The predicted molar refractivity (Wildman–Crippen MR) is 124 cm³/mol. The first-order valence-electron chi connectivity index (χ1n) is 9.84. The molecule has 0 spiro atoms. The van der Waals surface area contributed by atoms with Crippen LogP contribution in [-0.4, -0.2) is 25.5 Å². The smallest absolute Gasteiger partial charge is 0.162 e. The summed E-state index contributed by atoms with van der Waals surface area (Å²) in [6, 6.07) is 11.5. The van der Waals surface area contributed by atoms with E-state index in [2.05, 4.69) is 38.5 Å². The molecule has 7 heteroatoms. The van der Waals surface area contributed by atoms with Gasteiger partial charge in [0, 0.05) is 34.1 Å². The number of aliphatic imine (C=N–C) groups is 1. The summed E-state index contributed by atoms with van der Waals surface area (Å²) in [6.45, 7) is 6.12. The second-order valence-corrected chi connectivity index (χ2v) is 8.76. The van der Waals surface area contributed by atoms with E-state index < -0.39 is 0 Å². The van der Waals surface area contributed by atoms with E-state index in [1.54, 1.807) is 23.7 Å². The van der Waals surface area contributed by atoms with E-state index in [0.717, 1.165) is 49.5 Å². The van der Waals surface area contributed by atoms with Gasteiger partial charge in [-0.2, -0.15) is 0 Å². The molecule has 1 aromatic carbocycles. The van der Waals surface area contributed by atoms with Crippen molar-refractivity contribution in [3.05, 3.63) is 92.6 Å². The number of halogens is 1. The molecular formula is C24H18ClN5S. The summed E-state index contributed by atoms with van der Waals surface area (Å²) in [6.07, 6.45) is 3.52. The number of benzene rings is 1. The molecule has 152 valence electrons. The van der Waals surface area contributed by atoms with Crippen LogP contribution in [0, 0.1) is 25.7 Å². The van der Waals surface area contributed by atoms with Crippen molar-refractivity contribution in [2.45, 2.75) is 26.8 Å². The van der Waals surface area contributed by atoms with Gasteiger partial charge in [0.25, 0.3) is 0 Å². The zero-order valence-corrected chi connectivity index (χ0v) is 18.8. The second-order valence-electron chi connectivity index (χ2n) is 7.33. The molecule has 0 unspecified atom stereocenters. The van der Waals surface area contributed by atoms with E-state index in [0.29, 0.717) is 5.02 Å². The lowest BCUT2D eigenvalue weighted by atomic mass is 9.99. The zero-order valence-electron chi connectivity index (χ0n) is 17.2. The fourth-order valence-corrected chi connectivity index (χ4v) is 5.01. The molecule has 0 radical (unpaired) electrons. The summed E-state index contributed by atoms with van der Waals surface area (Å²) in [5.74, 6) is 8.24. The molecule has 31 heavy (non-hydrogen) atoms. The summed E-state index contributed by atoms with van der Waals surface area (Å²) in [5, 5.41) is 10.5. The van der Waals surface area contributed by atoms with Crippen LogP contribution in [0.25, 0.3) is 5.00 Å². The second kappa shape index (κ2) is 7.77. The third-order valence-electron chi connectivity index (χ3n) is 5.21. The van der Waals surface area contributed by atoms with E-state index in [1.165, 1.54) is 0 Å². The SMILES string of the molecule is Cc1c(C#Cc2cccnc2)sc2c1C(c1ccc(Cl)cc1)=N[C@@H](C)c1nnc(C)n1-2. The zero-order chi connectivity index (χ0) is 21.5. The Morgan fingerprint density at radius 2 is 1.87 bits per heavy atom. The average Bonchev–Trinajstić information content (AvgIpc) is 3.27. The molecule has 5 rings (SSSR count). The van der Waals surface area contributed by atoms with Gasteiger partial charge in [0.15, 0.2) is 5.82 Å². The van der Waals surface area contributed by atoms with Crippen LogP contribution in [0.2, 0.25) is 5.02 Å². The first-order chi connectivity index (χ1) is 15.0. The number of pyridine rings is 1. The van der Waals surface area contributed by atoms with Crippen molar-refractivity contribution < 1.29 is 0 Å². The molecule has 0 fully saturated rings. The average molecular weight is 444 g/mol. The van der Waals surface area contributed by atoms with Gasteiger partial charge in [-0.15, -0.1) is 21.5 Å². The molecular weight excluding hydrogens is 426 g/mol. The standard InChI is InChI=1S/C24H18ClN5S/c1-14-20(11-6-17-5-4-12-26-13-17)31-24-21(14)22(18-7-9-19(25)10-8-18)27-15(2)23-29-28-16(3)30(23)24/h4-5,7-10,12-13,15H,1-3H3/t15-/m0/s1. The van der Waals surface area contributed by atoms with Gasteiger partial charge in [0.05, 0.1) is 10.6 Å². The largest absolute Gasteiger partial charge is 0.273 e. The van der Waals surface area contributed by atoms with Crippen molar-refractivity contribution in [1.29, 1.82) is 0 Å². The molecule has 0 bridgehead atoms. The summed E-state index contributed by atoms with van der Waals surface area (Å²) in [7, 11) is 0. The Labute approximate surface area is 189 Å². The van der Waals surface area contributed by atoms with Gasteiger partial charge in [-0.05, 0) is 50.6 Å². The number of hydrogen-bond acceptors (Lipinski definition) is 5. The molecule has 1 aliphatic rings. The Balaban J connectivity index is 1.74. The first kappa shape index (κ1) is 19.7. The number of aromatic nitrogens is 4. The van der Waals surface area contributed by atoms with Gasteiger partial charge in [-0.25, -0.2) is 0 Å². The summed E-state index contributed by atoms with van der Waals surface area (Å²) >= 11 is 7.78. The van der Waals surface area contributed by atoms with Gasteiger partial charge in [0.2, 0.25) is 0 Å². The molecule has 3 aromatic heterocycles. The van der Waals surface area contributed by atoms with Crippen LogP contribution >= 0.6 is 22.9 Å². The minimum absolute atomic E-state index is 0.129. The lowest BCUT2D eigenvalue weighted by Gasteiger charge is -2.09. The lowest BCUT2D eigenvalue weighted by molar-refractivity contribution is 0.724. The van der Waals surface area contributed by atoms with Crippen molar-refractivity contribution in [2.75, 3.05) is 0 Å². The molecule has 0 saturated carbocycles. The fourth-order valence-electron chi connectivity index (χ4n) is 3.66. The molecule has 0 N–H and O–H groups in total. The van der Waals surface area contributed by atoms with Gasteiger partial charge in [-0.3, -0.25) is 14.5 Å². The van der Waals surface area contributed by atoms with Crippen molar-refractivity contribution in [1.82, 2.24) is 19.7 Å². The number of rotatable bonds is 1. The summed E-state index contributed by atoms with van der Waals surface area (Å²) in [4.78, 5) is 10.2. The molecule has 1 atom stereocenters. The van der Waals surface area contributed by atoms with Crippen molar-refractivity contribution in [3.8, 4) is 16.8 Å². The molecule has 5 nitrogen and oxygen atoms in total. The third-order valence-corrected chi connectivity index (χ3v) is 6.66. The summed E-state index contributed by atoms with van der Waals surface area (Å²) < 4.78 is 2.11. The van der Waals surface area contributed by atoms with Crippen molar-refractivity contribution in [2.24, 2.45) is 4.99 Å². The van der Waals surface area contributed by atoms with Crippen LogP contribution in [0.3, 0.4) is 0 Å². The van der Waals surface area contributed by atoms with E-state index in [-0.39, 0.29) is 6.04 Å². The number of fused-ring (bicyclic) bond motifs is 3. The van der Waals surface area contributed by atoms with Crippen LogP contribution in [0.5, 0.6) is 0 Å². The Kier molecular flexibility index (Phi) is 4.93. The number of hydrogen-bond donors (Lipinski definition) is 0. The Morgan fingerprint density at radius 1 is 1.06 bits per heavy atom. The van der Waals surface area contributed by atoms with Gasteiger partial charge >= 0.3 is 0 Å². The van der Waals surface area contributed by atoms with Crippen LogP contribution in [0.1, 0.15) is 51.7 Å². The highest BCUT2D eigenvalue weighted by molar-refractivity contribution is 7.15. The highest BCUT2D eigenvalue weighted by Crippen LogP contribution is 2.38. The predicted octanol–water partition coefficient (Wildman–Crippen LogP) is 5.31. The number of nitrogens with zero attached hydrogens (tertiary/aromatic N) is 5. The van der Waals surface area contributed by atoms with Crippen LogP contribution in [-0.2, 0) is 0 Å². The maximum Gasteiger partial charge on any atom is 0.162 e. The summed E-state index contributed by atoms with van der Waals surface area (Å²) in [5.41, 5.74) is 4.98. The minimum Gasteiger partial charge on any atom is -0.273 e. The van der Waals surface area contributed by atoms with E-state index in [1.807, 2.05) is 50.2 Å². The van der Waals surface area contributed by atoms with Gasteiger partial charge < -0.3 is 0 Å². The lowest BCUT2D eigenvalue weighted by Crippen LogP contribution is -2.07. The van der Waals surface area contributed by atoms with Crippen LogP contribution in [0.4, 0.5) is 0 Å². The molecule has 0 saturated heterocycles.